The zero-order chi connectivity index (χ0) is 25.4. The molecule has 4 amide bonds. The first-order chi connectivity index (χ1) is 16.9. The minimum atomic E-state index is -0.615. The number of imide groups is 1. The van der Waals surface area contributed by atoms with E-state index in [9.17, 15) is 19.2 Å². The molecule has 8 nitrogen and oxygen atoms in total. The van der Waals surface area contributed by atoms with Crippen LogP contribution in [0.5, 0.6) is 5.75 Å². The van der Waals surface area contributed by atoms with Crippen molar-refractivity contribution in [1.29, 1.82) is 0 Å². The number of nitrogens with one attached hydrogen (secondary N) is 1. The van der Waals surface area contributed by atoms with Gasteiger partial charge in [0.05, 0.1) is 18.2 Å². The number of rotatable bonds is 12. The molecule has 1 heterocycles. The Bertz CT molecular complexity index is 1030. The average Bonchev–Trinajstić information content (AvgIpc) is 3.12. The molecule has 0 aromatic heterocycles. The van der Waals surface area contributed by atoms with Gasteiger partial charge in [-0.25, -0.2) is 0 Å². The maximum Gasteiger partial charge on any atom is 0.261 e. The molecular formula is C27H33N3O5. The van der Waals surface area contributed by atoms with Gasteiger partial charge in [0.15, 0.2) is 0 Å². The number of amides is 4. The van der Waals surface area contributed by atoms with Gasteiger partial charge in [0.1, 0.15) is 11.8 Å². The van der Waals surface area contributed by atoms with Crippen LogP contribution in [0, 0.1) is 0 Å². The average molecular weight is 480 g/mol. The highest BCUT2D eigenvalue weighted by molar-refractivity contribution is 6.21. The molecule has 2 aromatic rings. The lowest BCUT2D eigenvalue weighted by atomic mass is 10.1. The van der Waals surface area contributed by atoms with Crippen molar-refractivity contribution in [3.05, 3.63) is 65.2 Å². The highest BCUT2D eigenvalue weighted by Gasteiger charge is 2.35. The number of hydrogen-bond acceptors (Lipinski definition) is 5. The number of ether oxygens (including phenoxy) is 1. The molecule has 1 N–H and O–H groups in total. The predicted octanol–water partition coefficient (Wildman–Crippen LogP) is 3.41. The van der Waals surface area contributed by atoms with Crippen LogP contribution in [0.3, 0.4) is 0 Å². The van der Waals surface area contributed by atoms with Crippen molar-refractivity contribution in [3.63, 3.8) is 0 Å². The molecule has 0 saturated carbocycles. The largest absolute Gasteiger partial charge is 0.497 e. The molecule has 0 saturated heterocycles. The summed E-state index contributed by atoms with van der Waals surface area (Å²) in [6, 6.07) is 13.5. The Morgan fingerprint density at radius 3 is 2.17 bits per heavy atom. The van der Waals surface area contributed by atoms with E-state index in [0.717, 1.165) is 12.0 Å². The number of hydrogen-bond donors (Lipinski definition) is 1. The standard InChI is InChI=1S/C27H33N3O5/c1-4-16-28-25(32)23(5-2)30(18-19-12-14-20(35-3)15-13-19)24(31)11-8-17-29-26(33)21-9-6-7-10-22(21)27(29)34/h6-7,9-10,12-15,23H,4-5,8,11,16-18H2,1-3H3,(H,28,32). The van der Waals surface area contributed by atoms with Crippen LogP contribution in [0.15, 0.2) is 48.5 Å². The maximum absolute atomic E-state index is 13.3. The van der Waals surface area contributed by atoms with Crippen LogP contribution in [0.1, 0.15) is 65.8 Å². The molecule has 1 unspecified atom stereocenters. The fourth-order valence-corrected chi connectivity index (χ4v) is 4.19. The number of fused-ring (bicyclic) bond motifs is 1. The summed E-state index contributed by atoms with van der Waals surface area (Å²) in [7, 11) is 1.59. The van der Waals surface area contributed by atoms with Crippen LogP contribution >= 0.6 is 0 Å². The van der Waals surface area contributed by atoms with E-state index in [4.69, 9.17) is 4.74 Å². The van der Waals surface area contributed by atoms with E-state index in [1.54, 1.807) is 36.3 Å². The first kappa shape index (κ1) is 25.9. The van der Waals surface area contributed by atoms with Gasteiger partial charge in [-0.2, -0.15) is 0 Å². The topological polar surface area (TPSA) is 96.0 Å². The number of methoxy groups -OCH3 is 1. The van der Waals surface area contributed by atoms with Crippen molar-refractivity contribution in [1.82, 2.24) is 15.1 Å². The van der Waals surface area contributed by atoms with Gasteiger partial charge in [0, 0.05) is 26.1 Å². The fourth-order valence-electron chi connectivity index (χ4n) is 4.19. The lowest BCUT2D eigenvalue weighted by molar-refractivity contribution is -0.141. The Morgan fingerprint density at radius 1 is 1.00 bits per heavy atom. The summed E-state index contributed by atoms with van der Waals surface area (Å²) in [6.45, 7) is 4.81. The molecule has 2 aromatic carbocycles. The summed E-state index contributed by atoms with van der Waals surface area (Å²) in [5, 5.41) is 2.89. The lowest BCUT2D eigenvalue weighted by Crippen LogP contribution is -2.49. The summed E-state index contributed by atoms with van der Waals surface area (Å²) in [5.41, 5.74) is 1.66. The zero-order valence-corrected chi connectivity index (χ0v) is 20.6. The number of carbonyl (C=O) groups is 4. The molecule has 3 rings (SSSR count). The second-order valence-corrected chi connectivity index (χ2v) is 8.50. The van der Waals surface area contributed by atoms with Crippen LogP contribution in [0.2, 0.25) is 0 Å². The van der Waals surface area contributed by atoms with Crippen molar-refractivity contribution in [3.8, 4) is 5.75 Å². The number of nitrogens with zero attached hydrogens (tertiary/aromatic N) is 2. The minimum Gasteiger partial charge on any atom is -0.497 e. The van der Waals surface area contributed by atoms with Crippen molar-refractivity contribution in [2.24, 2.45) is 0 Å². The Labute approximate surface area is 206 Å². The van der Waals surface area contributed by atoms with Crippen molar-refractivity contribution in [2.45, 2.75) is 52.1 Å². The smallest absolute Gasteiger partial charge is 0.261 e. The van der Waals surface area contributed by atoms with Gasteiger partial charge in [0.2, 0.25) is 11.8 Å². The van der Waals surface area contributed by atoms with Gasteiger partial charge in [-0.05, 0) is 49.1 Å². The van der Waals surface area contributed by atoms with Gasteiger partial charge in [-0.3, -0.25) is 24.1 Å². The monoisotopic (exact) mass is 479 g/mol. The lowest BCUT2D eigenvalue weighted by Gasteiger charge is -2.31. The maximum atomic E-state index is 13.3. The second-order valence-electron chi connectivity index (χ2n) is 8.50. The van der Waals surface area contributed by atoms with Crippen LogP contribution in [0.4, 0.5) is 0 Å². The van der Waals surface area contributed by atoms with Crippen LogP contribution < -0.4 is 10.1 Å². The van der Waals surface area contributed by atoms with Crippen LogP contribution in [-0.4, -0.2) is 59.7 Å². The number of benzene rings is 2. The van der Waals surface area contributed by atoms with Crippen LogP contribution in [-0.2, 0) is 16.1 Å². The predicted molar refractivity (Wildman–Crippen MR) is 132 cm³/mol. The second kappa shape index (κ2) is 12.1. The molecule has 0 fully saturated rings. The van der Waals surface area contributed by atoms with Crippen LogP contribution in [0.25, 0.3) is 0 Å². The molecule has 0 aliphatic carbocycles. The third-order valence-corrected chi connectivity index (χ3v) is 6.10. The first-order valence-electron chi connectivity index (χ1n) is 12.1. The highest BCUT2D eigenvalue weighted by atomic mass is 16.5. The molecule has 1 aliphatic heterocycles. The minimum absolute atomic E-state index is 0.112. The zero-order valence-electron chi connectivity index (χ0n) is 20.6. The summed E-state index contributed by atoms with van der Waals surface area (Å²) >= 11 is 0. The first-order valence-corrected chi connectivity index (χ1v) is 12.1. The summed E-state index contributed by atoms with van der Waals surface area (Å²) < 4.78 is 5.21. The van der Waals surface area contributed by atoms with Gasteiger partial charge in [-0.1, -0.05) is 38.1 Å². The molecule has 0 radical (unpaired) electrons. The molecule has 35 heavy (non-hydrogen) atoms. The summed E-state index contributed by atoms with van der Waals surface area (Å²) in [5.74, 6) is -0.343. The third-order valence-electron chi connectivity index (χ3n) is 6.10. The molecule has 1 atom stereocenters. The van der Waals surface area contributed by atoms with E-state index in [-0.39, 0.29) is 43.1 Å². The Morgan fingerprint density at radius 2 is 1.63 bits per heavy atom. The van der Waals surface area contributed by atoms with E-state index in [1.807, 2.05) is 38.1 Å². The van der Waals surface area contributed by atoms with Gasteiger partial charge in [0.25, 0.3) is 11.8 Å². The van der Waals surface area contributed by atoms with Gasteiger partial charge >= 0.3 is 0 Å². The molecule has 0 bridgehead atoms. The molecule has 1 aliphatic rings. The number of carbonyl (C=O) groups excluding carboxylic acids is 4. The highest BCUT2D eigenvalue weighted by Crippen LogP contribution is 2.23. The van der Waals surface area contributed by atoms with Gasteiger partial charge in [-0.15, -0.1) is 0 Å². The molecular weight excluding hydrogens is 446 g/mol. The van der Waals surface area contributed by atoms with E-state index in [1.165, 1.54) is 4.90 Å². The third kappa shape index (κ3) is 6.07. The summed E-state index contributed by atoms with van der Waals surface area (Å²) in [4.78, 5) is 54.2. The van der Waals surface area contributed by atoms with Crippen molar-refractivity contribution < 1.29 is 23.9 Å². The van der Waals surface area contributed by atoms with E-state index < -0.39 is 6.04 Å². The van der Waals surface area contributed by atoms with E-state index in [0.29, 0.717) is 36.3 Å². The summed E-state index contributed by atoms with van der Waals surface area (Å²) in [6.07, 6.45) is 1.70. The van der Waals surface area contributed by atoms with E-state index >= 15 is 0 Å². The normalized spacial score (nSPS) is 13.4. The Kier molecular flexibility index (Phi) is 9.00. The Hall–Kier alpha value is -3.68. The van der Waals surface area contributed by atoms with Crippen molar-refractivity contribution >= 4 is 23.6 Å². The SMILES string of the molecule is CCCNC(=O)C(CC)N(Cc1ccc(OC)cc1)C(=O)CCCN1C(=O)c2ccccc2C1=O. The molecule has 186 valence electrons. The quantitative estimate of drug-likeness (QED) is 0.471. The Balaban J connectivity index is 1.70. The molecule has 8 heteroatoms. The molecule has 0 spiro atoms. The van der Waals surface area contributed by atoms with E-state index in [2.05, 4.69) is 5.32 Å². The van der Waals surface area contributed by atoms with Crippen molar-refractivity contribution in [2.75, 3.05) is 20.2 Å². The van der Waals surface area contributed by atoms with Gasteiger partial charge < -0.3 is 15.0 Å². The fraction of sp³-hybridized carbons (Fsp3) is 0.407.